The average molecular weight is 439 g/mol. The maximum atomic E-state index is 9.09. The second-order valence-electron chi connectivity index (χ2n) is 7.53. The summed E-state index contributed by atoms with van der Waals surface area (Å²) in [6.45, 7) is 12.0. The Labute approximate surface area is 188 Å². The van der Waals surface area contributed by atoms with Gasteiger partial charge < -0.3 is 19.7 Å². The highest BCUT2D eigenvalue weighted by Crippen LogP contribution is 2.38. The molecule has 8 heteroatoms. The van der Waals surface area contributed by atoms with E-state index < -0.39 is 0 Å². The van der Waals surface area contributed by atoms with Crippen molar-refractivity contribution in [1.82, 2.24) is 15.5 Å². The molecule has 1 atom stereocenters. The maximum absolute atomic E-state index is 9.09. The number of ether oxygens (including phenoxy) is 1. The van der Waals surface area contributed by atoms with Gasteiger partial charge in [0.2, 0.25) is 11.5 Å². The molecule has 0 unspecified atom stereocenters. The van der Waals surface area contributed by atoms with Gasteiger partial charge in [-0.3, -0.25) is 0 Å². The van der Waals surface area contributed by atoms with Gasteiger partial charge in [-0.1, -0.05) is 23.4 Å². The van der Waals surface area contributed by atoms with Crippen LogP contribution in [-0.4, -0.2) is 34.5 Å². The van der Waals surface area contributed by atoms with Gasteiger partial charge in [-0.25, -0.2) is 4.85 Å². The van der Waals surface area contributed by atoms with Crippen LogP contribution in [0.15, 0.2) is 40.9 Å². The van der Waals surface area contributed by atoms with Crippen molar-refractivity contribution in [3.8, 4) is 28.6 Å². The zero-order valence-electron chi connectivity index (χ0n) is 17.6. The number of rotatable bonds is 7. The van der Waals surface area contributed by atoms with E-state index in [-0.39, 0.29) is 32.2 Å². The molecule has 7 nitrogen and oxygen atoms in total. The lowest BCUT2D eigenvalue weighted by atomic mass is 10.0. The molecule has 0 fully saturated rings. The van der Waals surface area contributed by atoms with E-state index in [9.17, 15) is 0 Å². The Hall–Kier alpha value is -2.86. The van der Waals surface area contributed by atoms with Crippen LogP contribution in [0.4, 0.5) is 5.69 Å². The van der Waals surface area contributed by atoms with Crippen LogP contribution in [0.5, 0.6) is 5.75 Å². The molecular formula is C23H26N4O3S. The monoisotopic (exact) mass is 438 g/mol. The van der Waals surface area contributed by atoms with Gasteiger partial charge in [0.1, 0.15) is 5.75 Å². The van der Waals surface area contributed by atoms with Gasteiger partial charge in [-0.15, -0.1) is 0 Å². The second-order valence-corrected chi connectivity index (χ2v) is 7.53. The highest BCUT2D eigenvalue weighted by Gasteiger charge is 2.26. The smallest absolute Gasteiger partial charge is 0.256 e. The Balaban J connectivity index is 0.00000272. The van der Waals surface area contributed by atoms with Crippen LogP contribution in [0.1, 0.15) is 37.4 Å². The number of hydrogen-bond donors (Lipinski definition) is 2. The van der Waals surface area contributed by atoms with Crippen molar-refractivity contribution in [2.45, 2.75) is 38.8 Å². The van der Waals surface area contributed by atoms with Crippen LogP contribution in [-0.2, 0) is 6.42 Å². The summed E-state index contributed by atoms with van der Waals surface area (Å²) in [5.41, 5.74) is 4.49. The molecule has 31 heavy (non-hydrogen) atoms. The number of hydrogen-bond acceptors (Lipinski definition) is 6. The van der Waals surface area contributed by atoms with Gasteiger partial charge in [0.15, 0.2) is 0 Å². The van der Waals surface area contributed by atoms with Gasteiger partial charge in [0, 0.05) is 23.7 Å². The first kappa shape index (κ1) is 22.8. The lowest BCUT2D eigenvalue weighted by Gasteiger charge is -2.13. The van der Waals surface area contributed by atoms with Crippen LogP contribution in [0, 0.1) is 6.57 Å². The van der Waals surface area contributed by atoms with Crippen molar-refractivity contribution < 1.29 is 14.4 Å². The third kappa shape index (κ3) is 4.74. The van der Waals surface area contributed by atoms with Gasteiger partial charge in [-0.05, 0) is 56.0 Å². The Morgan fingerprint density at radius 2 is 2.16 bits per heavy atom. The summed E-state index contributed by atoms with van der Waals surface area (Å²) < 4.78 is 11.2. The summed E-state index contributed by atoms with van der Waals surface area (Å²) in [5.74, 6) is 1.46. The number of aliphatic hydroxyl groups excluding tert-OH is 1. The van der Waals surface area contributed by atoms with Crippen molar-refractivity contribution >= 4 is 19.2 Å². The van der Waals surface area contributed by atoms with Crippen molar-refractivity contribution in [3.05, 3.63) is 58.9 Å². The van der Waals surface area contributed by atoms with Crippen molar-refractivity contribution in [2.24, 2.45) is 0 Å². The first-order valence-electron chi connectivity index (χ1n) is 10.1. The van der Waals surface area contributed by atoms with Crippen LogP contribution in [0.3, 0.4) is 0 Å². The van der Waals surface area contributed by atoms with Crippen molar-refractivity contribution in [3.63, 3.8) is 0 Å². The molecule has 0 saturated carbocycles. The van der Waals surface area contributed by atoms with Crippen LogP contribution < -0.4 is 10.1 Å². The first-order valence-corrected chi connectivity index (χ1v) is 10.1. The highest BCUT2D eigenvalue weighted by atomic mass is 32.1. The molecule has 1 aromatic heterocycles. The van der Waals surface area contributed by atoms with Crippen LogP contribution >= 0.6 is 13.5 Å². The zero-order valence-corrected chi connectivity index (χ0v) is 18.6. The lowest BCUT2D eigenvalue weighted by molar-refractivity contribution is 0.244. The van der Waals surface area contributed by atoms with E-state index >= 15 is 0 Å². The number of nitrogens with one attached hydrogen (secondary N) is 1. The second kappa shape index (κ2) is 9.96. The van der Waals surface area contributed by atoms with Crippen LogP contribution in [0.2, 0.25) is 0 Å². The lowest BCUT2D eigenvalue weighted by Crippen LogP contribution is -2.22. The standard InChI is InChI=1S/C23H24N4O3.H2S/c1-14(2)29-21-10-7-15(13-20(21)24-3)23-26-22(27-30-23)18-6-4-5-17-16(18)8-9-19(17)25-11-12-28;/h4-7,10,13-14,19,25,28H,8-9,11-12H2,1-2H3;1H2/t19-;/m0./s1. The third-order valence-electron chi connectivity index (χ3n) is 5.13. The molecule has 1 heterocycles. The third-order valence-corrected chi connectivity index (χ3v) is 5.13. The molecule has 1 aliphatic carbocycles. The molecule has 0 aliphatic heterocycles. The fourth-order valence-corrected chi connectivity index (χ4v) is 3.86. The SMILES string of the molecule is S.[C-]#[N+]c1cc(-c2nc(-c3cccc4c3CC[C@@H]4NCCO)no2)ccc1OC(C)C. The first-order chi connectivity index (χ1) is 14.6. The predicted octanol–water partition coefficient (Wildman–Crippen LogP) is 4.42. The molecule has 0 bridgehead atoms. The number of aromatic nitrogens is 2. The molecule has 0 spiro atoms. The van der Waals surface area contributed by atoms with E-state index in [1.54, 1.807) is 12.1 Å². The molecule has 0 saturated heterocycles. The largest absolute Gasteiger partial charge is 0.502 e. The van der Waals surface area contributed by atoms with E-state index in [2.05, 4.69) is 26.4 Å². The van der Waals surface area contributed by atoms with Crippen molar-refractivity contribution in [2.75, 3.05) is 13.2 Å². The molecule has 1 aliphatic rings. The summed E-state index contributed by atoms with van der Waals surface area (Å²) in [6, 6.07) is 11.7. The number of benzene rings is 2. The van der Waals surface area contributed by atoms with E-state index in [4.69, 9.17) is 20.9 Å². The minimum absolute atomic E-state index is 0. The van der Waals surface area contributed by atoms with Gasteiger partial charge in [-0.2, -0.15) is 18.5 Å². The Kier molecular flexibility index (Phi) is 7.33. The summed E-state index contributed by atoms with van der Waals surface area (Å²) in [5, 5.41) is 16.7. The van der Waals surface area contributed by atoms with Gasteiger partial charge in [0.05, 0.1) is 19.3 Å². The summed E-state index contributed by atoms with van der Waals surface area (Å²) >= 11 is 0. The molecule has 2 N–H and O–H groups in total. The Morgan fingerprint density at radius 1 is 1.32 bits per heavy atom. The molecular weight excluding hydrogens is 412 g/mol. The minimum atomic E-state index is -0.0118. The molecule has 0 radical (unpaired) electrons. The molecule has 0 amide bonds. The summed E-state index contributed by atoms with van der Waals surface area (Å²) in [4.78, 5) is 8.16. The fraction of sp³-hybridized carbons (Fsp3) is 0.348. The number of nitrogens with zero attached hydrogens (tertiary/aromatic N) is 3. The maximum Gasteiger partial charge on any atom is 0.256 e. The van der Waals surface area contributed by atoms with E-state index in [0.29, 0.717) is 35.3 Å². The Bertz CT molecular complexity index is 1090. The topological polar surface area (TPSA) is 84.8 Å². The molecule has 3 aromatic rings. The summed E-state index contributed by atoms with van der Waals surface area (Å²) in [6.07, 6.45) is 1.88. The van der Waals surface area contributed by atoms with E-state index in [1.807, 2.05) is 32.0 Å². The quantitative estimate of drug-likeness (QED) is 0.531. The molecule has 2 aromatic carbocycles. The van der Waals surface area contributed by atoms with Gasteiger partial charge >= 0.3 is 0 Å². The number of aliphatic hydroxyl groups is 1. The van der Waals surface area contributed by atoms with E-state index in [0.717, 1.165) is 18.4 Å². The fourth-order valence-electron chi connectivity index (χ4n) is 3.86. The normalized spacial score (nSPS) is 14.7. The molecule has 162 valence electrons. The Morgan fingerprint density at radius 3 is 2.90 bits per heavy atom. The van der Waals surface area contributed by atoms with E-state index in [1.165, 1.54) is 11.1 Å². The average Bonchev–Trinajstić information content (AvgIpc) is 3.39. The predicted molar refractivity (Wildman–Crippen MR) is 124 cm³/mol. The molecule has 4 rings (SSSR count). The van der Waals surface area contributed by atoms with Crippen molar-refractivity contribution in [1.29, 1.82) is 0 Å². The van der Waals surface area contributed by atoms with Crippen LogP contribution in [0.25, 0.3) is 27.7 Å². The minimum Gasteiger partial charge on any atom is -0.502 e. The summed E-state index contributed by atoms with van der Waals surface area (Å²) in [7, 11) is 0. The zero-order chi connectivity index (χ0) is 21.1. The highest BCUT2D eigenvalue weighted by molar-refractivity contribution is 7.59. The number of fused-ring (bicyclic) bond motifs is 1. The van der Waals surface area contributed by atoms with Gasteiger partial charge in [0.25, 0.3) is 5.89 Å².